The monoisotopic (exact) mass is 330 g/mol. The second kappa shape index (κ2) is 6.51. The van der Waals surface area contributed by atoms with E-state index in [1.807, 2.05) is 6.20 Å². The van der Waals surface area contributed by atoms with Gasteiger partial charge in [-0.05, 0) is 45.1 Å². The largest absolute Gasteiger partial charge is 0.339 e. The van der Waals surface area contributed by atoms with Gasteiger partial charge in [-0.25, -0.2) is 4.98 Å². The summed E-state index contributed by atoms with van der Waals surface area (Å²) in [6, 6.07) is 0.563. The standard InChI is InChI=1S/C19H30N4O/c1-2-10-22-12-9-20-17(22)13-21-11-3-7-19(14-21)8-6-18(24)23(15-19)16-4-5-16/h9,12,16H,2-8,10-11,13-15H2,1H3. The lowest BCUT2D eigenvalue weighted by molar-refractivity contribution is -0.140. The Balaban J connectivity index is 1.43. The van der Waals surface area contributed by atoms with Gasteiger partial charge in [0.05, 0.1) is 6.54 Å². The molecule has 5 heteroatoms. The number of imidazole rings is 1. The summed E-state index contributed by atoms with van der Waals surface area (Å²) in [4.78, 5) is 21.6. The quantitative estimate of drug-likeness (QED) is 0.833. The topological polar surface area (TPSA) is 41.4 Å². The third-order valence-corrected chi connectivity index (χ3v) is 6.05. The summed E-state index contributed by atoms with van der Waals surface area (Å²) in [5.74, 6) is 1.60. The van der Waals surface area contributed by atoms with E-state index in [1.165, 1.54) is 31.5 Å². The fourth-order valence-electron chi connectivity index (χ4n) is 4.68. The zero-order valence-corrected chi connectivity index (χ0v) is 14.9. The van der Waals surface area contributed by atoms with E-state index in [-0.39, 0.29) is 0 Å². The molecule has 1 aliphatic carbocycles. The Kier molecular flexibility index (Phi) is 4.37. The van der Waals surface area contributed by atoms with E-state index in [0.29, 0.717) is 17.4 Å². The van der Waals surface area contributed by atoms with Gasteiger partial charge in [-0.3, -0.25) is 9.69 Å². The molecule has 1 aromatic heterocycles. The van der Waals surface area contributed by atoms with Crippen molar-refractivity contribution >= 4 is 5.91 Å². The number of likely N-dealkylation sites (tertiary alicyclic amines) is 2. The van der Waals surface area contributed by atoms with Gasteiger partial charge in [0.1, 0.15) is 5.82 Å². The molecule has 1 saturated carbocycles. The average Bonchev–Trinajstić information content (AvgIpc) is 3.33. The predicted octanol–water partition coefficient (Wildman–Crippen LogP) is 2.66. The second-order valence-electron chi connectivity index (χ2n) is 8.10. The van der Waals surface area contributed by atoms with Crippen molar-refractivity contribution in [2.45, 2.75) is 71.0 Å². The number of hydrogen-bond acceptors (Lipinski definition) is 3. The lowest BCUT2D eigenvalue weighted by Crippen LogP contribution is -2.54. The molecule has 24 heavy (non-hydrogen) atoms. The Labute approximate surface area is 145 Å². The maximum Gasteiger partial charge on any atom is 0.222 e. The van der Waals surface area contributed by atoms with E-state index < -0.39 is 0 Å². The Morgan fingerprint density at radius 3 is 2.96 bits per heavy atom. The Hall–Kier alpha value is -1.36. The van der Waals surface area contributed by atoms with E-state index in [0.717, 1.165) is 52.0 Å². The van der Waals surface area contributed by atoms with Crippen LogP contribution in [0.4, 0.5) is 0 Å². The van der Waals surface area contributed by atoms with Crippen LogP contribution >= 0.6 is 0 Å². The highest BCUT2D eigenvalue weighted by Gasteiger charge is 2.45. The molecule has 0 aromatic carbocycles. The van der Waals surface area contributed by atoms with Crippen molar-refractivity contribution in [3.05, 3.63) is 18.2 Å². The van der Waals surface area contributed by atoms with Crippen LogP contribution in [0.5, 0.6) is 0 Å². The predicted molar refractivity (Wildman–Crippen MR) is 93.4 cm³/mol. The van der Waals surface area contributed by atoms with Crippen molar-refractivity contribution in [1.29, 1.82) is 0 Å². The molecule has 1 atom stereocenters. The summed E-state index contributed by atoms with van der Waals surface area (Å²) in [5, 5.41) is 0. The first kappa shape index (κ1) is 16.1. The minimum atomic E-state index is 0.330. The molecule has 132 valence electrons. The van der Waals surface area contributed by atoms with Crippen molar-refractivity contribution in [3.8, 4) is 0 Å². The van der Waals surface area contributed by atoms with Gasteiger partial charge in [0.25, 0.3) is 0 Å². The van der Waals surface area contributed by atoms with Crippen LogP contribution in [-0.4, -0.2) is 50.9 Å². The van der Waals surface area contributed by atoms with Gasteiger partial charge in [-0.1, -0.05) is 6.92 Å². The molecule has 2 saturated heterocycles. The van der Waals surface area contributed by atoms with E-state index in [9.17, 15) is 4.79 Å². The summed E-state index contributed by atoms with van der Waals surface area (Å²) in [6.07, 6.45) is 12.0. The average molecular weight is 330 g/mol. The molecule has 1 aromatic rings. The number of amides is 1. The van der Waals surface area contributed by atoms with Crippen LogP contribution in [0.15, 0.2) is 12.4 Å². The lowest BCUT2D eigenvalue weighted by Gasteiger charge is -2.48. The number of aromatic nitrogens is 2. The van der Waals surface area contributed by atoms with Crippen LogP contribution in [-0.2, 0) is 17.9 Å². The van der Waals surface area contributed by atoms with Gasteiger partial charge in [0.2, 0.25) is 5.91 Å². The number of carbonyl (C=O) groups excluding carboxylic acids is 1. The Morgan fingerprint density at radius 1 is 1.29 bits per heavy atom. The maximum atomic E-state index is 12.3. The zero-order chi connectivity index (χ0) is 16.6. The second-order valence-corrected chi connectivity index (χ2v) is 8.10. The number of piperidine rings is 2. The molecule has 0 N–H and O–H groups in total. The van der Waals surface area contributed by atoms with Crippen LogP contribution in [0.1, 0.15) is 57.7 Å². The molecule has 4 rings (SSSR count). The van der Waals surface area contributed by atoms with E-state index in [1.54, 1.807) is 0 Å². The number of rotatable bonds is 5. The summed E-state index contributed by atoms with van der Waals surface area (Å²) in [5.41, 5.74) is 0.330. The van der Waals surface area contributed by atoms with E-state index >= 15 is 0 Å². The van der Waals surface area contributed by atoms with Gasteiger partial charge >= 0.3 is 0 Å². The van der Waals surface area contributed by atoms with Crippen molar-refractivity contribution in [2.24, 2.45) is 5.41 Å². The van der Waals surface area contributed by atoms with Gasteiger partial charge in [-0.15, -0.1) is 0 Å². The molecular formula is C19H30N4O. The van der Waals surface area contributed by atoms with Crippen LogP contribution in [0.25, 0.3) is 0 Å². The zero-order valence-electron chi connectivity index (χ0n) is 14.9. The van der Waals surface area contributed by atoms with E-state index in [4.69, 9.17) is 0 Å². The SMILES string of the molecule is CCCn1ccnc1CN1CCCC2(CCC(=O)N(C3CC3)C2)C1. The van der Waals surface area contributed by atoms with Crippen LogP contribution in [0.2, 0.25) is 0 Å². The first-order chi connectivity index (χ1) is 11.7. The van der Waals surface area contributed by atoms with Crippen LogP contribution in [0.3, 0.4) is 0 Å². The molecule has 3 heterocycles. The van der Waals surface area contributed by atoms with Crippen molar-refractivity contribution in [3.63, 3.8) is 0 Å². The summed E-state index contributed by atoms with van der Waals surface area (Å²) < 4.78 is 2.29. The first-order valence-corrected chi connectivity index (χ1v) is 9.71. The van der Waals surface area contributed by atoms with Gasteiger partial charge in [0.15, 0.2) is 0 Å². The van der Waals surface area contributed by atoms with Gasteiger partial charge in [-0.2, -0.15) is 0 Å². The summed E-state index contributed by atoms with van der Waals surface area (Å²) >= 11 is 0. The molecule has 1 spiro atoms. The molecule has 1 amide bonds. The fraction of sp³-hybridized carbons (Fsp3) is 0.789. The van der Waals surface area contributed by atoms with Crippen LogP contribution in [0, 0.1) is 5.41 Å². The van der Waals surface area contributed by atoms with Crippen molar-refractivity contribution in [2.75, 3.05) is 19.6 Å². The van der Waals surface area contributed by atoms with Crippen molar-refractivity contribution in [1.82, 2.24) is 19.4 Å². The van der Waals surface area contributed by atoms with Crippen molar-refractivity contribution < 1.29 is 4.79 Å². The maximum absolute atomic E-state index is 12.3. The lowest BCUT2D eigenvalue weighted by atomic mass is 9.73. The third-order valence-electron chi connectivity index (χ3n) is 6.05. The molecule has 0 bridgehead atoms. The smallest absolute Gasteiger partial charge is 0.222 e. The highest BCUT2D eigenvalue weighted by atomic mass is 16.2. The van der Waals surface area contributed by atoms with E-state index in [2.05, 4.69) is 32.5 Å². The molecule has 3 aliphatic rings. The molecule has 3 fully saturated rings. The highest BCUT2D eigenvalue weighted by molar-refractivity contribution is 5.78. The Bertz CT molecular complexity index is 594. The number of hydrogen-bond donors (Lipinski definition) is 0. The minimum Gasteiger partial charge on any atom is -0.339 e. The molecule has 1 unspecified atom stereocenters. The van der Waals surface area contributed by atoms with Crippen LogP contribution < -0.4 is 0 Å². The number of aryl methyl sites for hydroxylation is 1. The molecule has 0 radical (unpaired) electrons. The molecule has 5 nitrogen and oxygen atoms in total. The normalized spacial score (nSPS) is 28.7. The number of carbonyl (C=O) groups is 1. The third kappa shape index (κ3) is 3.23. The van der Waals surface area contributed by atoms with Gasteiger partial charge < -0.3 is 9.47 Å². The number of nitrogens with zero attached hydrogens (tertiary/aromatic N) is 4. The molecule has 2 aliphatic heterocycles. The first-order valence-electron chi connectivity index (χ1n) is 9.71. The fourth-order valence-corrected chi connectivity index (χ4v) is 4.68. The highest BCUT2D eigenvalue weighted by Crippen LogP contribution is 2.42. The molecular weight excluding hydrogens is 300 g/mol. The van der Waals surface area contributed by atoms with Gasteiger partial charge in [0, 0.05) is 49.9 Å². The summed E-state index contributed by atoms with van der Waals surface area (Å²) in [7, 11) is 0. The minimum absolute atomic E-state index is 0.330. The Morgan fingerprint density at radius 2 is 2.17 bits per heavy atom. The summed E-state index contributed by atoms with van der Waals surface area (Å²) in [6.45, 7) is 7.51.